The minimum atomic E-state index is -0.458. The molecule has 0 unspecified atom stereocenters. The fourth-order valence-electron chi connectivity index (χ4n) is 3.54. The zero-order valence-corrected chi connectivity index (χ0v) is 22.4. The SMILES string of the molecule is C=CC(=O)Nc1cc2c(Nc3ccc(Br)cc3F)ncnc2cc1OCCNC(=O)CCN(CC)CC. The van der Waals surface area contributed by atoms with E-state index in [2.05, 4.69) is 67.2 Å². The third kappa shape index (κ3) is 7.96. The number of amides is 2. The first-order valence-corrected chi connectivity index (χ1v) is 12.7. The summed E-state index contributed by atoms with van der Waals surface area (Å²) in [7, 11) is 0. The molecule has 37 heavy (non-hydrogen) atoms. The van der Waals surface area contributed by atoms with E-state index in [1.165, 1.54) is 12.4 Å². The highest BCUT2D eigenvalue weighted by atomic mass is 79.9. The number of carbonyl (C=O) groups is 2. The van der Waals surface area contributed by atoms with E-state index >= 15 is 0 Å². The second-order valence-electron chi connectivity index (χ2n) is 8.01. The van der Waals surface area contributed by atoms with Crippen molar-refractivity contribution in [1.29, 1.82) is 0 Å². The molecule has 0 radical (unpaired) electrons. The molecule has 11 heteroatoms. The molecule has 1 aromatic heterocycles. The third-order valence-electron chi connectivity index (χ3n) is 5.60. The van der Waals surface area contributed by atoms with Gasteiger partial charge in [-0.05, 0) is 43.4 Å². The van der Waals surface area contributed by atoms with Crippen molar-refractivity contribution in [1.82, 2.24) is 20.2 Å². The summed E-state index contributed by atoms with van der Waals surface area (Å²) >= 11 is 3.24. The molecule has 0 aliphatic rings. The highest BCUT2D eigenvalue weighted by molar-refractivity contribution is 9.10. The Balaban J connectivity index is 1.76. The fraction of sp³-hybridized carbons (Fsp3) is 0.308. The van der Waals surface area contributed by atoms with Crippen LogP contribution >= 0.6 is 15.9 Å². The molecule has 9 nitrogen and oxygen atoms in total. The average molecular weight is 573 g/mol. The number of carbonyl (C=O) groups excluding carboxylic acids is 2. The van der Waals surface area contributed by atoms with Crippen molar-refractivity contribution in [3.8, 4) is 5.75 Å². The summed E-state index contributed by atoms with van der Waals surface area (Å²) in [5.41, 5.74) is 1.11. The number of fused-ring (bicyclic) bond motifs is 1. The summed E-state index contributed by atoms with van der Waals surface area (Å²) in [6.45, 7) is 10.6. The largest absolute Gasteiger partial charge is 0.489 e. The lowest BCUT2D eigenvalue weighted by atomic mass is 10.1. The Morgan fingerprint density at radius 1 is 1.16 bits per heavy atom. The van der Waals surface area contributed by atoms with Crippen LogP contribution in [0.5, 0.6) is 5.75 Å². The van der Waals surface area contributed by atoms with Crippen molar-refractivity contribution in [2.75, 3.05) is 43.4 Å². The number of hydrogen-bond donors (Lipinski definition) is 3. The number of ether oxygens (including phenoxy) is 1. The van der Waals surface area contributed by atoms with Crippen LogP contribution in [0.2, 0.25) is 0 Å². The van der Waals surface area contributed by atoms with Gasteiger partial charge in [-0.25, -0.2) is 14.4 Å². The van der Waals surface area contributed by atoms with Gasteiger partial charge in [-0.3, -0.25) is 9.59 Å². The molecule has 0 fully saturated rings. The van der Waals surface area contributed by atoms with Crippen LogP contribution in [0.15, 0.2) is 53.8 Å². The molecular formula is C26H30BrFN6O3. The molecule has 0 aliphatic carbocycles. The van der Waals surface area contributed by atoms with Gasteiger partial charge in [-0.2, -0.15) is 0 Å². The van der Waals surface area contributed by atoms with E-state index in [9.17, 15) is 14.0 Å². The first-order valence-electron chi connectivity index (χ1n) is 11.9. The summed E-state index contributed by atoms with van der Waals surface area (Å²) in [5, 5.41) is 9.08. The Hall–Kier alpha value is -3.57. The molecule has 0 aliphatic heterocycles. The van der Waals surface area contributed by atoms with Gasteiger partial charge in [0.2, 0.25) is 11.8 Å². The Kier molecular flexibility index (Phi) is 10.3. The van der Waals surface area contributed by atoms with Crippen molar-refractivity contribution in [3.05, 3.63) is 59.6 Å². The molecule has 2 amide bonds. The minimum Gasteiger partial charge on any atom is -0.489 e. The summed E-state index contributed by atoms with van der Waals surface area (Å²) < 4.78 is 20.9. The van der Waals surface area contributed by atoms with Crippen LogP contribution in [-0.2, 0) is 9.59 Å². The predicted octanol–water partition coefficient (Wildman–Crippen LogP) is 4.63. The molecular weight excluding hydrogens is 543 g/mol. The third-order valence-corrected chi connectivity index (χ3v) is 6.09. The van der Waals surface area contributed by atoms with E-state index in [4.69, 9.17) is 4.74 Å². The van der Waals surface area contributed by atoms with Gasteiger partial charge in [0.1, 0.15) is 30.3 Å². The van der Waals surface area contributed by atoms with E-state index in [1.807, 2.05) is 0 Å². The highest BCUT2D eigenvalue weighted by Gasteiger charge is 2.14. The molecule has 196 valence electrons. The van der Waals surface area contributed by atoms with Gasteiger partial charge in [0.05, 0.1) is 23.4 Å². The maximum absolute atomic E-state index is 14.4. The maximum Gasteiger partial charge on any atom is 0.247 e. The lowest BCUT2D eigenvalue weighted by Gasteiger charge is -2.17. The smallest absolute Gasteiger partial charge is 0.247 e. The van der Waals surface area contributed by atoms with Crippen LogP contribution in [0, 0.1) is 5.82 Å². The van der Waals surface area contributed by atoms with Crippen LogP contribution in [0.1, 0.15) is 20.3 Å². The van der Waals surface area contributed by atoms with Crippen molar-refractivity contribution >= 4 is 55.8 Å². The van der Waals surface area contributed by atoms with Crippen LogP contribution in [-0.4, -0.2) is 59.5 Å². The Morgan fingerprint density at radius 3 is 2.65 bits per heavy atom. The minimum absolute atomic E-state index is 0.0576. The van der Waals surface area contributed by atoms with Gasteiger partial charge < -0.3 is 25.6 Å². The topological polar surface area (TPSA) is 108 Å². The molecule has 0 saturated carbocycles. The van der Waals surface area contributed by atoms with Gasteiger partial charge in [-0.1, -0.05) is 36.4 Å². The summed E-state index contributed by atoms with van der Waals surface area (Å²) in [6, 6.07) is 7.94. The van der Waals surface area contributed by atoms with E-state index in [1.54, 1.807) is 24.3 Å². The summed E-state index contributed by atoms with van der Waals surface area (Å²) in [4.78, 5) is 34.9. The Labute approximate surface area is 223 Å². The van der Waals surface area contributed by atoms with Crippen molar-refractivity contribution in [2.45, 2.75) is 20.3 Å². The quantitative estimate of drug-likeness (QED) is 0.202. The molecule has 3 aromatic rings. The summed E-state index contributed by atoms with van der Waals surface area (Å²) in [5.74, 6) is -0.232. The number of benzene rings is 2. The van der Waals surface area contributed by atoms with Gasteiger partial charge in [0.25, 0.3) is 0 Å². The lowest BCUT2D eigenvalue weighted by Crippen LogP contribution is -2.32. The van der Waals surface area contributed by atoms with E-state index < -0.39 is 11.7 Å². The zero-order valence-electron chi connectivity index (χ0n) is 20.8. The predicted molar refractivity (Wildman–Crippen MR) is 147 cm³/mol. The Bertz CT molecular complexity index is 1270. The molecule has 3 rings (SSSR count). The molecule has 0 saturated heterocycles. The second-order valence-corrected chi connectivity index (χ2v) is 8.92. The van der Waals surface area contributed by atoms with Crippen LogP contribution in [0.4, 0.5) is 21.6 Å². The number of nitrogens with zero attached hydrogens (tertiary/aromatic N) is 3. The lowest BCUT2D eigenvalue weighted by molar-refractivity contribution is -0.121. The van der Waals surface area contributed by atoms with E-state index in [-0.39, 0.29) is 18.2 Å². The monoisotopic (exact) mass is 572 g/mol. The van der Waals surface area contributed by atoms with Gasteiger partial charge in [-0.15, -0.1) is 0 Å². The van der Waals surface area contributed by atoms with Gasteiger partial charge in [0.15, 0.2) is 0 Å². The van der Waals surface area contributed by atoms with Gasteiger partial charge in [0, 0.05) is 28.9 Å². The highest BCUT2D eigenvalue weighted by Crippen LogP contribution is 2.34. The molecule has 3 N–H and O–H groups in total. The number of anilines is 3. The van der Waals surface area contributed by atoms with E-state index in [0.29, 0.717) is 52.1 Å². The normalized spacial score (nSPS) is 10.8. The molecule has 0 spiro atoms. The van der Waals surface area contributed by atoms with Crippen molar-refractivity contribution in [2.24, 2.45) is 0 Å². The molecule has 1 heterocycles. The number of halogens is 2. The zero-order chi connectivity index (χ0) is 26.8. The van der Waals surface area contributed by atoms with Gasteiger partial charge >= 0.3 is 0 Å². The molecule has 2 aromatic carbocycles. The molecule has 0 bridgehead atoms. The average Bonchev–Trinajstić information content (AvgIpc) is 2.89. The number of hydrogen-bond acceptors (Lipinski definition) is 7. The fourth-order valence-corrected chi connectivity index (χ4v) is 3.88. The van der Waals surface area contributed by atoms with Crippen LogP contribution in [0.25, 0.3) is 10.9 Å². The van der Waals surface area contributed by atoms with E-state index in [0.717, 1.165) is 19.2 Å². The first kappa shape index (κ1) is 28.0. The van der Waals surface area contributed by atoms with Crippen LogP contribution < -0.4 is 20.7 Å². The first-order chi connectivity index (χ1) is 17.8. The Morgan fingerprint density at radius 2 is 1.95 bits per heavy atom. The van der Waals surface area contributed by atoms with Crippen molar-refractivity contribution in [3.63, 3.8) is 0 Å². The maximum atomic E-state index is 14.4. The summed E-state index contributed by atoms with van der Waals surface area (Å²) in [6.07, 6.45) is 2.90. The standard InChI is InChI=1S/C26H30BrFN6O3/c1-4-24(35)32-22-14-18-21(30-16-31-26(18)33-20-8-7-17(27)13-19(20)28)15-23(22)37-12-10-29-25(36)9-11-34(5-2)6-3/h4,7-8,13-16H,1,5-6,9-12H2,2-3H3,(H,29,36)(H,32,35)(H,30,31,33). The van der Waals surface area contributed by atoms with Crippen LogP contribution in [0.3, 0.4) is 0 Å². The second kappa shape index (κ2) is 13.7. The number of nitrogens with one attached hydrogen (secondary N) is 3. The molecule has 0 atom stereocenters. The number of aromatic nitrogens is 2. The number of rotatable bonds is 13. The van der Waals surface area contributed by atoms with Crippen molar-refractivity contribution < 1.29 is 18.7 Å².